The van der Waals surface area contributed by atoms with E-state index in [-0.39, 0.29) is 16.6 Å². The average Bonchev–Trinajstić information content (AvgIpc) is 3.17. The van der Waals surface area contributed by atoms with Gasteiger partial charge < -0.3 is 9.88 Å². The molecular formula is C25H22FN3O3S. The van der Waals surface area contributed by atoms with E-state index in [0.29, 0.717) is 30.8 Å². The van der Waals surface area contributed by atoms with E-state index < -0.39 is 10.0 Å². The zero-order valence-electron chi connectivity index (χ0n) is 17.9. The van der Waals surface area contributed by atoms with Crippen LogP contribution < -0.4 is 4.72 Å². The summed E-state index contributed by atoms with van der Waals surface area (Å²) in [6.07, 6.45) is 0.643. The highest BCUT2D eigenvalue weighted by molar-refractivity contribution is 7.92. The van der Waals surface area contributed by atoms with E-state index in [1.165, 1.54) is 36.4 Å². The number of sulfonamides is 1. The minimum absolute atomic E-state index is 0.0765. The summed E-state index contributed by atoms with van der Waals surface area (Å²) in [7, 11) is -3.77. The number of halogens is 1. The number of aromatic nitrogens is 1. The third-order valence-corrected chi connectivity index (χ3v) is 7.34. The summed E-state index contributed by atoms with van der Waals surface area (Å²) >= 11 is 0. The van der Waals surface area contributed by atoms with Gasteiger partial charge in [0.1, 0.15) is 5.82 Å². The number of carbonyl (C=O) groups is 1. The molecule has 4 aromatic rings. The molecule has 168 valence electrons. The van der Waals surface area contributed by atoms with Crippen LogP contribution in [0.15, 0.2) is 71.6 Å². The van der Waals surface area contributed by atoms with Gasteiger partial charge in [0, 0.05) is 52.9 Å². The van der Waals surface area contributed by atoms with Crippen LogP contribution in [0.5, 0.6) is 0 Å². The van der Waals surface area contributed by atoms with Crippen molar-refractivity contribution in [2.24, 2.45) is 0 Å². The summed E-state index contributed by atoms with van der Waals surface area (Å²) in [5, 5.41) is 0.783. The second-order valence-electron chi connectivity index (χ2n) is 8.24. The Morgan fingerprint density at radius 1 is 1.03 bits per heavy atom. The van der Waals surface area contributed by atoms with Crippen molar-refractivity contribution in [2.75, 3.05) is 11.3 Å². The van der Waals surface area contributed by atoms with Crippen molar-refractivity contribution < 1.29 is 17.6 Å². The number of hydrogen-bond acceptors (Lipinski definition) is 3. The highest BCUT2D eigenvalue weighted by Gasteiger charge is 2.25. The van der Waals surface area contributed by atoms with Crippen LogP contribution in [0.4, 0.5) is 10.1 Å². The average molecular weight is 464 g/mol. The lowest BCUT2D eigenvalue weighted by Crippen LogP contribution is -2.35. The quantitative estimate of drug-likeness (QED) is 0.464. The van der Waals surface area contributed by atoms with E-state index in [9.17, 15) is 17.6 Å². The van der Waals surface area contributed by atoms with E-state index in [1.807, 2.05) is 19.1 Å². The molecule has 6 nitrogen and oxygen atoms in total. The number of nitrogens with zero attached hydrogens (tertiary/aromatic N) is 1. The molecule has 0 aliphatic carbocycles. The SMILES string of the molecule is Cc1ccc(NS(=O)(=O)c2ccc(C(=O)N3CCc4[nH]c5ccc(F)cc5c4C3)cc2)cc1. The standard InChI is InChI=1S/C25H22FN3O3S/c1-16-2-7-19(8-3-16)28-33(31,32)20-9-4-17(5-10-20)25(30)29-13-12-24-22(15-29)21-14-18(26)6-11-23(21)27-24/h2-11,14,27-28H,12-13,15H2,1H3. The Hall–Kier alpha value is -3.65. The van der Waals surface area contributed by atoms with E-state index in [1.54, 1.807) is 23.1 Å². The largest absolute Gasteiger partial charge is 0.358 e. The molecule has 2 heterocycles. The first-order valence-corrected chi connectivity index (χ1v) is 12.1. The van der Waals surface area contributed by atoms with Crippen LogP contribution in [-0.4, -0.2) is 30.8 Å². The van der Waals surface area contributed by atoms with Crippen LogP contribution in [0.1, 0.15) is 27.2 Å². The predicted octanol–water partition coefficient (Wildman–Crippen LogP) is 4.61. The van der Waals surface area contributed by atoms with Gasteiger partial charge in [0.25, 0.3) is 15.9 Å². The van der Waals surface area contributed by atoms with Gasteiger partial charge in [-0.05, 0) is 61.5 Å². The van der Waals surface area contributed by atoms with Crippen LogP contribution in [0.3, 0.4) is 0 Å². The molecule has 0 saturated heterocycles. The van der Waals surface area contributed by atoms with E-state index in [2.05, 4.69) is 9.71 Å². The van der Waals surface area contributed by atoms with E-state index in [4.69, 9.17) is 0 Å². The number of H-pyrrole nitrogens is 1. The Balaban J connectivity index is 1.34. The van der Waals surface area contributed by atoms with Crippen molar-refractivity contribution in [1.29, 1.82) is 0 Å². The molecule has 8 heteroatoms. The number of benzene rings is 3. The molecule has 1 aliphatic heterocycles. The molecule has 0 bridgehead atoms. The first kappa shape index (κ1) is 21.2. The van der Waals surface area contributed by atoms with Crippen molar-refractivity contribution in [3.8, 4) is 0 Å². The highest BCUT2D eigenvalue weighted by atomic mass is 32.2. The number of rotatable bonds is 4. The second kappa shape index (κ2) is 8.04. The maximum Gasteiger partial charge on any atom is 0.261 e. The summed E-state index contributed by atoms with van der Waals surface area (Å²) in [6.45, 7) is 2.82. The smallest absolute Gasteiger partial charge is 0.261 e. The third kappa shape index (κ3) is 4.09. The number of hydrogen-bond donors (Lipinski definition) is 2. The Kier molecular flexibility index (Phi) is 5.17. The Morgan fingerprint density at radius 3 is 2.48 bits per heavy atom. The van der Waals surface area contributed by atoms with Crippen LogP contribution in [-0.2, 0) is 23.0 Å². The topological polar surface area (TPSA) is 82.3 Å². The fourth-order valence-corrected chi connectivity index (χ4v) is 5.21. The van der Waals surface area contributed by atoms with Gasteiger partial charge in [-0.2, -0.15) is 0 Å². The van der Waals surface area contributed by atoms with Gasteiger partial charge in [-0.1, -0.05) is 17.7 Å². The van der Waals surface area contributed by atoms with Gasteiger partial charge >= 0.3 is 0 Å². The van der Waals surface area contributed by atoms with E-state index in [0.717, 1.165) is 27.7 Å². The van der Waals surface area contributed by atoms with Crippen molar-refractivity contribution >= 4 is 32.5 Å². The van der Waals surface area contributed by atoms with Crippen LogP contribution in [0, 0.1) is 12.7 Å². The lowest BCUT2D eigenvalue weighted by atomic mass is 10.0. The van der Waals surface area contributed by atoms with Crippen molar-refractivity contribution in [3.05, 3.63) is 94.9 Å². The van der Waals surface area contributed by atoms with Crippen molar-refractivity contribution in [2.45, 2.75) is 24.8 Å². The molecule has 0 radical (unpaired) electrons. The molecule has 33 heavy (non-hydrogen) atoms. The number of anilines is 1. The minimum atomic E-state index is -3.77. The van der Waals surface area contributed by atoms with Crippen LogP contribution in [0.2, 0.25) is 0 Å². The zero-order valence-corrected chi connectivity index (χ0v) is 18.7. The van der Waals surface area contributed by atoms with Gasteiger partial charge in [0.15, 0.2) is 0 Å². The summed E-state index contributed by atoms with van der Waals surface area (Å²) in [5.41, 5.74) is 4.70. The molecule has 1 aromatic heterocycles. The fraction of sp³-hybridized carbons (Fsp3) is 0.160. The molecule has 5 rings (SSSR count). The summed E-state index contributed by atoms with van der Waals surface area (Å²) in [4.78, 5) is 18.2. The number of nitrogens with one attached hydrogen (secondary N) is 2. The lowest BCUT2D eigenvalue weighted by molar-refractivity contribution is 0.0735. The van der Waals surface area contributed by atoms with Gasteiger partial charge in [-0.15, -0.1) is 0 Å². The molecule has 0 atom stereocenters. The molecule has 0 spiro atoms. The molecule has 1 aliphatic rings. The summed E-state index contributed by atoms with van der Waals surface area (Å²) < 4.78 is 41.7. The number of carbonyl (C=O) groups excluding carboxylic acids is 1. The Bertz CT molecular complexity index is 1460. The first-order valence-electron chi connectivity index (χ1n) is 10.6. The van der Waals surface area contributed by atoms with Gasteiger partial charge in [0.05, 0.1) is 4.90 Å². The number of aryl methyl sites for hydroxylation is 1. The van der Waals surface area contributed by atoms with Crippen molar-refractivity contribution in [1.82, 2.24) is 9.88 Å². The molecule has 0 saturated carbocycles. The van der Waals surface area contributed by atoms with Gasteiger partial charge in [0.2, 0.25) is 0 Å². The fourth-order valence-electron chi connectivity index (χ4n) is 4.15. The lowest BCUT2D eigenvalue weighted by Gasteiger charge is -2.27. The normalized spacial score (nSPS) is 13.7. The van der Waals surface area contributed by atoms with Crippen LogP contribution in [0.25, 0.3) is 10.9 Å². The molecule has 1 amide bonds. The van der Waals surface area contributed by atoms with E-state index >= 15 is 0 Å². The maximum atomic E-state index is 13.7. The summed E-state index contributed by atoms with van der Waals surface area (Å²) in [5.74, 6) is -0.509. The minimum Gasteiger partial charge on any atom is -0.358 e. The maximum absolute atomic E-state index is 13.7. The number of fused-ring (bicyclic) bond motifs is 3. The molecule has 3 aromatic carbocycles. The Morgan fingerprint density at radius 2 is 1.76 bits per heavy atom. The third-order valence-electron chi connectivity index (χ3n) is 5.94. The van der Waals surface area contributed by atoms with Crippen LogP contribution >= 0.6 is 0 Å². The van der Waals surface area contributed by atoms with Gasteiger partial charge in [-0.25, -0.2) is 12.8 Å². The summed E-state index contributed by atoms with van der Waals surface area (Å²) in [6, 6.07) is 17.6. The second-order valence-corrected chi connectivity index (χ2v) is 9.93. The molecular weight excluding hydrogens is 441 g/mol. The van der Waals surface area contributed by atoms with Crippen molar-refractivity contribution in [3.63, 3.8) is 0 Å². The highest BCUT2D eigenvalue weighted by Crippen LogP contribution is 2.29. The molecule has 0 fully saturated rings. The first-order chi connectivity index (χ1) is 15.8. The molecule has 2 N–H and O–H groups in total. The Labute approximate surface area is 191 Å². The number of amides is 1. The zero-order chi connectivity index (χ0) is 23.2. The number of aromatic amines is 1. The monoisotopic (exact) mass is 463 g/mol. The predicted molar refractivity (Wildman–Crippen MR) is 125 cm³/mol. The molecule has 0 unspecified atom stereocenters. The van der Waals surface area contributed by atoms with Gasteiger partial charge in [-0.3, -0.25) is 9.52 Å².